The fraction of sp³-hybridized carbons (Fsp3) is 0.0714. The highest BCUT2D eigenvalue weighted by molar-refractivity contribution is 14.0. The molecule has 4 heteroatoms. The van der Waals surface area contributed by atoms with Gasteiger partial charge in [0.05, 0.1) is 6.54 Å². The third-order valence-corrected chi connectivity index (χ3v) is 2.32. The molecular formula is C14H16IN3. The van der Waals surface area contributed by atoms with Crippen LogP contribution >= 0.6 is 24.0 Å². The fourth-order valence-electron chi connectivity index (χ4n) is 1.47. The van der Waals surface area contributed by atoms with Crippen molar-refractivity contribution >= 4 is 35.6 Å². The lowest BCUT2D eigenvalue weighted by Crippen LogP contribution is -2.22. The zero-order valence-electron chi connectivity index (χ0n) is 9.91. The molecule has 0 spiro atoms. The average molecular weight is 353 g/mol. The minimum Gasteiger partial charge on any atom is -0.370 e. The van der Waals surface area contributed by atoms with Crippen molar-refractivity contribution in [2.45, 2.75) is 6.54 Å². The van der Waals surface area contributed by atoms with Crippen molar-refractivity contribution in [3.63, 3.8) is 0 Å². The largest absolute Gasteiger partial charge is 0.370 e. The van der Waals surface area contributed by atoms with Gasteiger partial charge in [-0.05, 0) is 17.7 Å². The molecule has 0 heterocycles. The summed E-state index contributed by atoms with van der Waals surface area (Å²) >= 11 is 0. The van der Waals surface area contributed by atoms with Gasteiger partial charge in [-0.2, -0.15) is 0 Å². The standard InChI is InChI=1S/C14H15N3.HI/c15-14(17-13-9-5-2-6-10-13)16-11-12-7-3-1-4-8-12;/h1-10H,11H2,(H3,15,16,17);1H. The topological polar surface area (TPSA) is 50.4 Å². The Morgan fingerprint density at radius 3 is 2.11 bits per heavy atom. The molecule has 2 aromatic rings. The van der Waals surface area contributed by atoms with E-state index in [-0.39, 0.29) is 24.0 Å². The van der Waals surface area contributed by atoms with Crippen molar-refractivity contribution in [1.82, 2.24) is 0 Å². The van der Waals surface area contributed by atoms with Crippen molar-refractivity contribution in [3.05, 3.63) is 66.2 Å². The second-order valence-electron chi connectivity index (χ2n) is 3.68. The van der Waals surface area contributed by atoms with E-state index in [0.29, 0.717) is 12.5 Å². The number of nitrogens with one attached hydrogen (secondary N) is 1. The number of nitrogens with two attached hydrogens (primary N) is 1. The number of hydrogen-bond donors (Lipinski definition) is 2. The normalized spacial score (nSPS) is 10.6. The Bertz CT molecular complexity index is 483. The van der Waals surface area contributed by atoms with Crippen LogP contribution in [0, 0.1) is 0 Å². The first-order valence-corrected chi connectivity index (χ1v) is 5.50. The average Bonchev–Trinajstić information content (AvgIpc) is 2.39. The van der Waals surface area contributed by atoms with Crippen LogP contribution in [0.15, 0.2) is 65.7 Å². The van der Waals surface area contributed by atoms with E-state index in [1.807, 2.05) is 60.7 Å². The lowest BCUT2D eigenvalue weighted by atomic mass is 10.2. The number of nitrogens with zero attached hydrogens (tertiary/aromatic N) is 1. The Labute approximate surface area is 124 Å². The molecule has 0 unspecified atom stereocenters. The molecular weight excluding hydrogens is 337 g/mol. The molecule has 0 saturated heterocycles. The van der Waals surface area contributed by atoms with E-state index < -0.39 is 0 Å². The van der Waals surface area contributed by atoms with Crippen LogP contribution in [0.4, 0.5) is 5.69 Å². The summed E-state index contributed by atoms with van der Waals surface area (Å²) in [7, 11) is 0. The van der Waals surface area contributed by atoms with Crippen molar-refractivity contribution in [2.75, 3.05) is 5.32 Å². The minimum absolute atomic E-state index is 0. The summed E-state index contributed by atoms with van der Waals surface area (Å²) in [6, 6.07) is 19.8. The summed E-state index contributed by atoms with van der Waals surface area (Å²) in [5.41, 5.74) is 7.88. The van der Waals surface area contributed by atoms with E-state index in [1.165, 1.54) is 0 Å². The number of benzene rings is 2. The summed E-state index contributed by atoms with van der Waals surface area (Å²) < 4.78 is 0. The summed E-state index contributed by atoms with van der Waals surface area (Å²) in [6.07, 6.45) is 0. The van der Waals surface area contributed by atoms with Gasteiger partial charge < -0.3 is 11.1 Å². The second-order valence-corrected chi connectivity index (χ2v) is 3.68. The molecule has 0 radical (unpaired) electrons. The van der Waals surface area contributed by atoms with Crippen LogP contribution < -0.4 is 11.1 Å². The number of halogens is 1. The number of anilines is 1. The van der Waals surface area contributed by atoms with Crippen LogP contribution in [0.5, 0.6) is 0 Å². The van der Waals surface area contributed by atoms with Crippen LogP contribution in [0.3, 0.4) is 0 Å². The quantitative estimate of drug-likeness (QED) is 0.506. The molecule has 0 aromatic heterocycles. The molecule has 2 rings (SSSR count). The maximum atomic E-state index is 5.79. The van der Waals surface area contributed by atoms with Gasteiger partial charge in [0.2, 0.25) is 0 Å². The van der Waals surface area contributed by atoms with Gasteiger partial charge >= 0.3 is 0 Å². The van der Waals surface area contributed by atoms with Gasteiger partial charge in [0, 0.05) is 5.69 Å². The second kappa shape index (κ2) is 7.71. The molecule has 0 aliphatic heterocycles. The van der Waals surface area contributed by atoms with Crippen molar-refractivity contribution in [2.24, 2.45) is 10.7 Å². The van der Waals surface area contributed by atoms with E-state index in [0.717, 1.165) is 11.3 Å². The molecule has 3 nitrogen and oxygen atoms in total. The van der Waals surface area contributed by atoms with Gasteiger partial charge in [0.15, 0.2) is 5.96 Å². The zero-order valence-corrected chi connectivity index (χ0v) is 12.2. The van der Waals surface area contributed by atoms with Crippen LogP contribution in [0.1, 0.15) is 5.56 Å². The Morgan fingerprint density at radius 1 is 0.944 bits per heavy atom. The highest BCUT2D eigenvalue weighted by atomic mass is 127. The van der Waals surface area contributed by atoms with E-state index in [4.69, 9.17) is 5.73 Å². The van der Waals surface area contributed by atoms with Crippen molar-refractivity contribution < 1.29 is 0 Å². The minimum atomic E-state index is 0. The van der Waals surface area contributed by atoms with Gasteiger partial charge in [0.25, 0.3) is 0 Å². The van der Waals surface area contributed by atoms with Crippen LogP contribution in [-0.2, 0) is 6.54 Å². The first kappa shape index (κ1) is 14.5. The SMILES string of the molecule is I.NC(=NCc1ccccc1)Nc1ccccc1. The molecule has 0 amide bonds. The number of hydrogen-bond acceptors (Lipinski definition) is 1. The van der Waals surface area contributed by atoms with Crippen LogP contribution in [0.2, 0.25) is 0 Å². The third-order valence-electron chi connectivity index (χ3n) is 2.32. The molecule has 0 bridgehead atoms. The summed E-state index contributed by atoms with van der Waals surface area (Å²) in [6.45, 7) is 0.590. The van der Waals surface area contributed by atoms with Gasteiger partial charge in [-0.25, -0.2) is 4.99 Å². The van der Waals surface area contributed by atoms with E-state index in [9.17, 15) is 0 Å². The van der Waals surface area contributed by atoms with Gasteiger partial charge in [-0.1, -0.05) is 48.5 Å². The Kier molecular flexibility index (Phi) is 6.21. The van der Waals surface area contributed by atoms with E-state index in [2.05, 4.69) is 10.3 Å². The smallest absolute Gasteiger partial charge is 0.193 e. The lowest BCUT2D eigenvalue weighted by molar-refractivity contribution is 1.06. The Morgan fingerprint density at radius 2 is 1.50 bits per heavy atom. The van der Waals surface area contributed by atoms with Crippen molar-refractivity contribution in [3.8, 4) is 0 Å². The first-order chi connectivity index (χ1) is 8.34. The molecule has 0 fully saturated rings. The molecule has 0 saturated carbocycles. The lowest BCUT2D eigenvalue weighted by Gasteiger charge is -2.04. The number of aliphatic imine (C=N–C) groups is 1. The molecule has 0 aliphatic rings. The van der Waals surface area contributed by atoms with Crippen LogP contribution in [-0.4, -0.2) is 5.96 Å². The third kappa shape index (κ3) is 4.75. The summed E-state index contributed by atoms with van der Waals surface area (Å²) in [4.78, 5) is 4.27. The Balaban J connectivity index is 0.00000162. The maximum absolute atomic E-state index is 5.79. The molecule has 18 heavy (non-hydrogen) atoms. The van der Waals surface area contributed by atoms with Crippen LogP contribution in [0.25, 0.3) is 0 Å². The number of guanidine groups is 1. The molecule has 2 aromatic carbocycles. The predicted octanol–water partition coefficient (Wildman–Crippen LogP) is 3.23. The highest BCUT2D eigenvalue weighted by Crippen LogP contribution is 2.05. The monoisotopic (exact) mass is 353 g/mol. The van der Waals surface area contributed by atoms with Gasteiger partial charge in [0.1, 0.15) is 0 Å². The summed E-state index contributed by atoms with van der Waals surface area (Å²) in [5, 5.41) is 3.04. The van der Waals surface area contributed by atoms with E-state index >= 15 is 0 Å². The Hall–Kier alpha value is -1.56. The summed E-state index contributed by atoms with van der Waals surface area (Å²) in [5.74, 6) is 0.431. The van der Waals surface area contributed by atoms with Gasteiger partial charge in [-0.3, -0.25) is 0 Å². The molecule has 0 aliphatic carbocycles. The number of para-hydroxylation sites is 1. The fourth-order valence-corrected chi connectivity index (χ4v) is 1.47. The molecule has 3 N–H and O–H groups in total. The molecule has 0 atom stereocenters. The maximum Gasteiger partial charge on any atom is 0.193 e. The first-order valence-electron chi connectivity index (χ1n) is 5.50. The van der Waals surface area contributed by atoms with Crippen molar-refractivity contribution in [1.29, 1.82) is 0 Å². The predicted molar refractivity (Wildman–Crippen MR) is 87.2 cm³/mol. The number of rotatable bonds is 3. The van der Waals surface area contributed by atoms with E-state index in [1.54, 1.807) is 0 Å². The molecule has 94 valence electrons. The highest BCUT2D eigenvalue weighted by Gasteiger charge is 1.93. The van der Waals surface area contributed by atoms with Gasteiger partial charge in [-0.15, -0.1) is 24.0 Å². The zero-order chi connectivity index (χ0) is 11.9.